The molecule has 0 aliphatic carbocycles. The van der Waals surface area contributed by atoms with Crippen molar-refractivity contribution in [1.82, 2.24) is 9.78 Å². The molecular weight excluding hydrogens is 238 g/mol. The highest BCUT2D eigenvalue weighted by atomic mass is 19.2. The molecule has 2 aromatic rings. The second kappa shape index (κ2) is 4.68. The molecule has 0 saturated carbocycles. The van der Waals surface area contributed by atoms with Gasteiger partial charge < -0.3 is 0 Å². The number of hydrogen-bond donors (Lipinski definition) is 0. The van der Waals surface area contributed by atoms with Gasteiger partial charge in [-0.2, -0.15) is 5.10 Å². The Labute approximate surface area is 103 Å². The molecule has 0 amide bonds. The number of carbonyl (C=O) groups excluding carboxylic acids is 1. The zero-order valence-corrected chi connectivity index (χ0v) is 10.1. The maximum atomic E-state index is 13.1. The number of aryl methyl sites for hydroxylation is 1. The van der Waals surface area contributed by atoms with Crippen LogP contribution < -0.4 is 0 Å². The van der Waals surface area contributed by atoms with Crippen LogP contribution in [0.1, 0.15) is 18.2 Å². The summed E-state index contributed by atoms with van der Waals surface area (Å²) in [6, 6.07) is 3.55. The smallest absolute Gasteiger partial charge is 0.160 e. The number of ketones is 1. The maximum absolute atomic E-state index is 13.1. The average molecular weight is 250 g/mol. The number of aromatic nitrogens is 2. The first-order valence-electron chi connectivity index (χ1n) is 5.47. The second-order valence-corrected chi connectivity index (χ2v) is 4.16. The average Bonchev–Trinajstić information content (AvgIpc) is 2.63. The van der Waals surface area contributed by atoms with Crippen molar-refractivity contribution in [2.24, 2.45) is 0 Å². The summed E-state index contributed by atoms with van der Waals surface area (Å²) >= 11 is 0. The lowest BCUT2D eigenvalue weighted by molar-refractivity contribution is -0.116. The number of hydrogen-bond acceptors (Lipinski definition) is 2. The first kappa shape index (κ1) is 12.4. The standard InChI is InChI=1S/C13H12F2N2O/c1-8(18)5-10-7-17(16-9(10)2)11-3-4-12(14)13(15)6-11/h3-4,6-7H,5H2,1-2H3. The van der Waals surface area contributed by atoms with Gasteiger partial charge in [0.2, 0.25) is 0 Å². The van der Waals surface area contributed by atoms with Crippen LogP contribution in [0.3, 0.4) is 0 Å². The first-order chi connectivity index (χ1) is 8.47. The Morgan fingerprint density at radius 2 is 2.06 bits per heavy atom. The van der Waals surface area contributed by atoms with E-state index in [-0.39, 0.29) is 12.2 Å². The Morgan fingerprint density at radius 1 is 1.33 bits per heavy atom. The van der Waals surface area contributed by atoms with Gasteiger partial charge in [-0.3, -0.25) is 4.79 Å². The number of nitrogens with zero attached hydrogens (tertiary/aromatic N) is 2. The minimum Gasteiger partial charge on any atom is -0.300 e. The molecule has 0 atom stereocenters. The molecule has 0 N–H and O–H groups in total. The van der Waals surface area contributed by atoms with Crippen LogP contribution in [0.15, 0.2) is 24.4 Å². The van der Waals surface area contributed by atoms with E-state index in [1.54, 1.807) is 13.1 Å². The fourth-order valence-electron chi connectivity index (χ4n) is 1.70. The summed E-state index contributed by atoms with van der Waals surface area (Å²) in [6.45, 7) is 3.27. The van der Waals surface area contributed by atoms with E-state index in [9.17, 15) is 13.6 Å². The molecule has 0 fully saturated rings. The van der Waals surface area contributed by atoms with Crippen LogP contribution in [-0.2, 0) is 11.2 Å². The van der Waals surface area contributed by atoms with Crippen molar-refractivity contribution in [3.05, 3.63) is 47.3 Å². The predicted octanol–water partition coefficient (Wildman–Crippen LogP) is 2.59. The highest BCUT2D eigenvalue weighted by Gasteiger charge is 2.10. The molecule has 3 nitrogen and oxygen atoms in total. The quantitative estimate of drug-likeness (QED) is 0.839. The fraction of sp³-hybridized carbons (Fsp3) is 0.231. The Morgan fingerprint density at radius 3 is 2.67 bits per heavy atom. The van der Waals surface area contributed by atoms with Crippen molar-refractivity contribution in [2.75, 3.05) is 0 Å². The molecule has 0 aliphatic rings. The monoisotopic (exact) mass is 250 g/mol. The maximum Gasteiger partial charge on any atom is 0.160 e. The van der Waals surface area contributed by atoms with E-state index in [1.165, 1.54) is 17.7 Å². The van der Waals surface area contributed by atoms with E-state index < -0.39 is 11.6 Å². The molecule has 0 saturated heterocycles. The SMILES string of the molecule is CC(=O)Cc1cn(-c2ccc(F)c(F)c2)nc1C. The van der Waals surface area contributed by atoms with E-state index >= 15 is 0 Å². The lowest BCUT2D eigenvalue weighted by Crippen LogP contribution is -1.97. The van der Waals surface area contributed by atoms with Crippen molar-refractivity contribution in [3.8, 4) is 5.69 Å². The molecule has 0 unspecified atom stereocenters. The fourth-order valence-corrected chi connectivity index (χ4v) is 1.70. The van der Waals surface area contributed by atoms with Gasteiger partial charge in [0.05, 0.1) is 11.4 Å². The number of benzene rings is 1. The summed E-state index contributed by atoms with van der Waals surface area (Å²) in [5.41, 5.74) is 1.91. The van der Waals surface area contributed by atoms with Gasteiger partial charge >= 0.3 is 0 Å². The predicted molar refractivity (Wildman–Crippen MR) is 62.6 cm³/mol. The van der Waals surface area contributed by atoms with Crippen LogP contribution >= 0.6 is 0 Å². The van der Waals surface area contributed by atoms with Crippen LogP contribution in [0.4, 0.5) is 8.78 Å². The number of Topliss-reactive ketones (excluding diaryl/α,β-unsaturated/α-hetero) is 1. The first-order valence-corrected chi connectivity index (χ1v) is 5.47. The van der Waals surface area contributed by atoms with Crippen molar-refractivity contribution in [2.45, 2.75) is 20.3 Å². The van der Waals surface area contributed by atoms with E-state index in [4.69, 9.17) is 0 Å². The van der Waals surface area contributed by atoms with E-state index in [0.717, 1.165) is 17.7 Å². The van der Waals surface area contributed by atoms with Crippen molar-refractivity contribution in [1.29, 1.82) is 0 Å². The van der Waals surface area contributed by atoms with Gasteiger partial charge in [-0.15, -0.1) is 0 Å². The van der Waals surface area contributed by atoms with Crippen molar-refractivity contribution in [3.63, 3.8) is 0 Å². The topological polar surface area (TPSA) is 34.9 Å². The molecule has 18 heavy (non-hydrogen) atoms. The Balaban J connectivity index is 2.39. The Bertz CT molecular complexity index is 605. The van der Waals surface area contributed by atoms with E-state index in [0.29, 0.717) is 11.4 Å². The molecular formula is C13H12F2N2O. The minimum atomic E-state index is -0.922. The van der Waals surface area contributed by atoms with Gasteiger partial charge in [-0.25, -0.2) is 13.5 Å². The van der Waals surface area contributed by atoms with E-state index in [1.807, 2.05) is 0 Å². The molecule has 5 heteroatoms. The molecule has 0 spiro atoms. The Kier molecular flexibility index (Phi) is 3.23. The summed E-state index contributed by atoms with van der Waals surface area (Å²) in [4.78, 5) is 11.1. The molecule has 0 aliphatic heterocycles. The van der Waals surface area contributed by atoms with Crippen molar-refractivity contribution >= 4 is 5.78 Å². The number of halogens is 2. The van der Waals surface area contributed by atoms with Gasteiger partial charge in [-0.1, -0.05) is 0 Å². The molecule has 2 rings (SSSR count). The lowest BCUT2D eigenvalue weighted by Gasteiger charge is -2.01. The number of carbonyl (C=O) groups is 1. The van der Waals surface area contributed by atoms with Gasteiger partial charge in [0, 0.05) is 24.2 Å². The molecule has 94 valence electrons. The van der Waals surface area contributed by atoms with Crippen molar-refractivity contribution < 1.29 is 13.6 Å². The Hall–Kier alpha value is -2.04. The van der Waals surface area contributed by atoms with Gasteiger partial charge in [-0.05, 0) is 26.0 Å². The van der Waals surface area contributed by atoms with Crippen LogP contribution in [0, 0.1) is 18.6 Å². The summed E-state index contributed by atoms with van der Waals surface area (Å²) in [5, 5.41) is 4.18. The minimum absolute atomic E-state index is 0.0305. The molecule has 1 heterocycles. The van der Waals surface area contributed by atoms with Gasteiger partial charge in [0.1, 0.15) is 5.78 Å². The highest BCUT2D eigenvalue weighted by molar-refractivity contribution is 5.78. The van der Waals surface area contributed by atoms with Crippen LogP contribution in [-0.4, -0.2) is 15.6 Å². The van der Waals surface area contributed by atoms with Crippen LogP contribution in [0.2, 0.25) is 0 Å². The summed E-state index contributed by atoms with van der Waals surface area (Å²) in [7, 11) is 0. The molecule has 1 aromatic heterocycles. The van der Waals surface area contributed by atoms with Crippen LogP contribution in [0.25, 0.3) is 5.69 Å². The highest BCUT2D eigenvalue weighted by Crippen LogP contribution is 2.15. The van der Waals surface area contributed by atoms with Gasteiger partial charge in [0.25, 0.3) is 0 Å². The largest absolute Gasteiger partial charge is 0.300 e. The third-order valence-electron chi connectivity index (χ3n) is 2.61. The zero-order valence-electron chi connectivity index (χ0n) is 10.1. The van der Waals surface area contributed by atoms with E-state index in [2.05, 4.69) is 5.10 Å². The molecule has 0 bridgehead atoms. The van der Waals surface area contributed by atoms with Crippen LogP contribution in [0.5, 0.6) is 0 Å². The van der Waals surface area contributed by atoms with Gasteiger partial charge in [0.15, 0.2) is 11.6 Å². The summed E-state index contributed by atoms with van der Waals surface area (Å²) in [5.74, 6) is -1.79. The lowest BCUT2D eigenvalue weighted by atomic mass is 10.1. The molecule has 0 radical (unpaired) electrons. The third-order valence-corrected chi connectivity index (χ3v) is 2.61. The third kappa shape index (κ3) is 2.45. The second-order valence-electron chi connectivity index (χ2n) is 4.16. The number of rotatable bonds is 3. The summed E-state index contributed by atoms with van der Waals surface area (Å²) in [6.07, 6.45) is 1.94. The summed E-state index contributed by atoms with van der Waals surface area (Å²) < 4.78 is 27.4. The zero-order chi connectivity index (χ0) is 13.3. The normalized spacial score (nSPS) is 10.7. The molecule has 1 aromatic carbocycles.